The third kappa shape index (κ3) is 3.24. The molecule has 1 aromatic heterocycles. The van der Waals surface area contributed by atoms with E-state index in [0.717, 1.165) is 5.56 Å². The fraction of sp³-hybridized carbons (Fsp3) is 0.143. The van der Waals surface area contributed by atoms with E-state index in [1.807, 2.05) is 0 Å². The van der Waals surface area contributed by atoms with Gasteiger partial charge in [-0.2, -0.15) is 0 Å². The molecule has 2 aromatic rings. The summed E-state index contributed by atoms with van der Waals surface area (Å²) in [6.45, 7) is 1.76. The summed E-state index contributed by atoms with van der Waals surface area (Å²) in [6.07, 6.45) is 3.13. The smallest absolute Gasteiger partial charge is 0.129 e. The maximum absolute atomic E-state index is 13.2. The van der Waals surface area contributed by atoms with Crippen molar-refractivity contribution in [3.8, 4) is 5.75 Å². The Morgan fingerprint density at radius 2 is 2.25 bits per heavy atom. The van der Waals surface area contributed by atoms with E-state index in [-0.39, 0.29) is 12.3 Å². The third-order valence-corrected chi connectivity index (χ3v) is 3.06. The van der Waals surface area contributed by atoms with E-state index in [1.165, 1.54) is 24.4 Å². The number of hydrogen-bond donors (Lipinski definition) is 1. The maximum Gasteiger partial charge on any atom is 0.129 e. The first-order valence-corrected chi connectivity index (χ1v) is 6.19. The molecule has 0 unspecified atom stereocenters. The fourth-order valence-electron chi connectivity index (χ4n) is 1.64. The molecule has 0 aliphatic rings. The summed E-state index contributed by atoms with van der Waals surface area (Å²) < 4.78 is 18.9. The number of rotatable bonds is 4. The second kappa shape index (κ2) is 6.34. The van der Waals surface area contributed by atoms with Crippen LogP contribution in [0.5, 0.6) is 5.75 Å². The molecular weight excluding hydrogens is 283 g/mol. The minimum Gasteiger partial charge on any atom is -0.488 e. The summed E-state index contributed by atoms with van der Waals surface area (Å²) in [6, 6.07) is 5.74. The molecule has 20 heavy (non-hydrogen) atoms. The number of benzene rings is 1. The summed E-state index contributed by atoms with van der Waals surface area (Å²) in [7, 11) is 0. The number of halogens is 2. The van der Waals surface area contributed by atoms with Gasteiger partial charge in [0.15, 0.2) is 0 Å². The summed E-state index contributed by atoms with van der Waals surface area (Å²) in [5, 5.41) is 12.4. The average molecular weight is 295 g/mol. The zero-order valence-corrected chi connectivity index (χ0v) is 11.4. The van der Waals surface area contributed by atoms with Crippen LogP contribution < -0.4 is 4.74 Å². The number of aromatic nitrogens is 1. The van der Waals surface area contributed by atoms with Crippen LogP contribution in [0, 0.1) is 5.82 Å². The molecule has 4 nitrogen and oxygen atoms in total. The SMILES string of the molecule is C/C(=N/O)c1cc(F)ccc1OCc1ccncc1Cl. The Balaban J connectivity index is 2.24. The fourth-order valence-corrected chi connectivity index (χ4v) is 1.82. The second-order valence-corrected chi connectivity index (χ2v) is 4.49. The maximum atomic E-state index is 13.2. The van der Waals surface area contributed by atoms with Crippen molar-refractivity contribution >= 4 is 17.3 Å². The molecule has 0 bridgehead atoms. The molecule has 6 heteroatoms. The largest absolute Gasteiger partial charge is 0.488 e. The van der Waals surface area contributed by atoms with Crippen molar-refractivity contribution in [2.24, 2.45) is 5.16 Å². The molecule has 1 heterocycles. The molecule has 2 rings (SSSR count). The molecule has 0 spiro atoms. The van der Waals surface area contributed by atoms with Gasteiger partial charge in [-0.15, -0.1) is 0 Å². The van der Waals surface area contributed by atoms with Crippen LogP contribution in [0.1, 0.15) is 18.1 Å². The number of oxime groups is 1. The molecule has 0 saturated carbocycles. The van der Waals surface area contributed by atoms with Crippen LogP contribution in [-0.2, 0) is 6.61 Å². The molecule has 0 saturated heterocycles. The minimum absolute atomic E-state index is 0.207. The van der Waals surface area contributed by atoms with E-state index in [9.17, 15) is 4.39 Å². The Kier molecular flexibility index (Phi) is 4.53. The Morgan fingerprint density at radius 1 is 1.45 bits per heavy atom. The topological polar surface area (TPSA) is 54.7 Å². The van der Waals surface area contributed by atoms with Crippen LogP contribution in [0.4, 0.5) is 4.39 Å². The van der Waals surface area contributed by atoms with Crippen molar-refractivity contribution in [1.29, 1.82) is 0 Å². The Morgan fingerprint density at radius 3 is 2.95 bits per heavy atom. The van der Waals surface area contributed by atoms with Crippen LogP contribution in [0.3, 0.4) is 0 Å². The minimum atomic E-state index is -0.433. The lowest BCUT2D eigenvalue weighted by Gasteiger charge is -2.11. The summed E-state index contributed by atoms with van der Waals surface area (Å²) >= 11 is 5.98. The van der Waals surface area contributed by atoms with Gasteiger partial charge < -0.3 is 9.94 Å². The van der Waals surface area contributed by atoms with Crippen molar-refractivity contribution < 1.29 is 14.3 Å². The van der Waals surface area contributed by atoms with Gasteiger partial charge in [-0.05, 0) is 31.2 Å². The van der Waals surface area contributed by atoms with E-state index in [1.54, 1.807) is 19.2 Å². The lowest BCUT2D eigenvalue weighted by Crippen LogP contribution is -2.03. The Bertz CT molecular complexity index is 647. The molecule has 0 aliphatic heterocycles. The summed E-state index contributed by atoms with van der Waals surface area (Å²) in [5.41, 5.74) is 1.41. The summed E-state index contributed by atoms with van der Waals surface area (Å²) in [4.78, 5) is 3.88. The van der Waals surface area contributed by atoms with Crippen molar-refractivity contribution in [3.63, 3.8) is 0 Å². The first-order valence-electron chi connectivity index (χ1n) is 5.81. The van der Waals surface area contributed by atoms with Crippen molar-refractivity contribution in [2.45, 2.75) is 13.5 Å². The van der Waals surface area contributed by atoms with Gasteiger partial charge in [0.05, 0.1) is 10.7 Å². The van der Waals surface area contributed by atoms with Gasteiger partial charge >= 0.3 is 0 Å². The molecule has 0 amide bonds. The van der Waals surface area contributed by atoms with Crippen LogP contribution in [-0.4, -0.2) is 15.9 Å². The molecule has 0 aliphatic carbocycles. The molecule has 0 fully saturated rings. The zero-order valence-electron chi connectivity index (χ0n) is 10.7. The number of pyridine rings is 1. The molecule has 1 N–H and O–H groups in total. The lowest BCUT2D eigenvalue weighted by molar-refractivity contribution is 0.303. The van der Waals surface area contributed by atoms with Gasteiger partial charge in [0.1, 0.15) is 18.2 Å². The van der Waals surface area contributed by atoms with Crippen molar-refractivity contribution in [1.82, 2.24) is 4.98 Å². The first-order chi connectivity index (χ1) is 9.61. The lowest BCUT2D eigenvalue weighted by atomic mass is 10.1. The van der Waals surface area contributed by atoms with E-state index in [0.29, 0.717) is 16.3 Å². The average Bonchev–Trinajstić information content (AvgIpc) is 2.46. The number of hydrogen-bond acceptors (Lipinski definition) is 4. The van der Waals surface area contributed by atoms with Crippen molar-refractivity contribution in [2.75, 3.05) is 0 Å². The number of nitrogens with zero attached hydrogens (tertiary/aromatic N) is 2. The van der Waals surface area contributed by atoms with Crippen LogP contribution in [0.15, 0.2) is 41.8 Å². The highest BCUT2D eigenvalue weighted by Crippen LogP contribution is 2.23. The monoisotopic (exact) mass is 294 g/mol. The molecule has 1 aromatic carbocycles. The van der Waals surface area contributed by atoms with Crippen molar-refractivity contribution in [3.05, 3.63) is 58.6 Å². The van der Waals surface area contributed by atoms with Gasteiger partial charge in [-0.1, -0.05) is 16.8 Å². The second-order valence-electron chi connectivity index (χ2n) is 4.08. The summed E-state index contributed by atoms with van der Waals surface area (Å²) in [5.74, 6) is -0.0214. The van der Waals surface area contributed by atoms with Crippen LogP contribution in [0.2, 0.25) is 5.02 Å². The Labute approximate surface area is 120 Å². The molecule has 0 radical (unpaired) electrons. The molecule has 0 atom stereocenters. The standard InChI is InChI=1S/C14H12ClFN2O2/c1-9(18-19)12-6-11(16)2-3-14(12)20-8-10-4-5-17-7-13(10)15/h2-7,19H,8H2,1H3/b18-9-. The van der Waals surface area contributed by atoms with Gasteiger partial charge in [0.25, 0.3) is 0 Å². The highest BCUT2D eigenvalue weighted by atomic mass is 35.5. The third-order valence-electron chi connectivity index (χ3n) is 2.72. The predicted molar refractivity (Wildman–Crippen MR) is 74.0 cm³/mol. The highest BCUT2D eigenvalue weighted by molar-refractivity contribution is 6.31. The predicted octanol–water partition coefficient (Wildman–Crippen LogP) is 3.65. The van der Waals surface area contributed by atoms with Gasteiger partial charge in [0.2, 0.25) is 0 Å². The van der Waals surface area contributed by atoms with Gasteiger partial charge in [-0.25, -0.2) is 4.39 Å². The molecule has 104 valence electrons. The van der Waals surface area contributed by atoms with E-state index in [2.05, 4.69) is 10.1 Å². The van der Waals surface area contributed by atoms with Crippen LogP contribution in [0.25, 0.3) is 0 Å². The highest BCUT2D eigenvalue weighted by Gasteiger charge is 2.10. The van der Waals surface area contributed by atoms with Gasteiger partial charge in [0, 0.05) is 23.5 Å². The van der Waals surface area contributed by atoms with E-state index >= 15 is 0 Å². The first kappa shape index (κ1) is 14.3. The van der Waals surface area contributed by atoms with Crippen LogP contribution >= 0.6 is 11.6 Å². The zero-order chi connectivity index (χ0) is 14.5. The van der Waals surface area contributed by atoms with Gasteiger partial charge in [-0.3, -0.25) is 4.98 Å². The number of ether oxygens (including phenoxy) is 1. The van der Waals surface area contributed by atoms with E-state index in [4.69, 9.17) is 21.5 Å². The molecular formula is C14H12ClFN2O2. The normalized spacial score (nSPS) is 11.4. The Hall–Kier alpha value is -2.14. The quantitative estimate of drug-likeness (QED) is 0.532. The van der Waals surface area contributed by atoms with E-state index < -0.39 is 5.82 Å².